The Morgan fingerprint density at radius 3 is 2.55 bits per heavy atom. The van der Waals surface area contributed by atoms with Crippen molar-refractivity contribution in [3.8, 4) is 22.3 Å². The predicted octanol–water partition coefficient (Wildman–Crippen LogP) is 5.90. The van der Waals surface area contributed by atoms with Gasteiger partial charge in [0.05, 0.1) is 0 Å². The molecule has 4 heteroatoms. The number of benzene rings is 2. The van der Waals surface area contributed by atoms with Crippen LogP contribution in [0.25, 0.3) is 33.3 Å². The number of aromatic amines is 1. The second-order valence-corrected chi connectivity index (χ2v) is 6.98. The highest BCUT2D eigenvalue weighted by atomic mass is 14.9. The standard InChI is InChI=1S/C25H20N4/c1-2-6-18(7-3-1)14-27-22-10-4-8-19(12-22)24-17-29-25-23(24)13-21(16-28-25)20-9-5-11-26-15-20/h1-13,15-17,27H,14H2,(H,28,29). The van der Waals surface area contributed by atoms with Gasteiger partial charge in [-0.2, -0.15) is 0 Å². The fourth-order valence-corrected chi connectivity index (χ4v) is 3.53. The van der Waals surface area contributed by atoms with E-state index >= 15 is 0 Å². The first-order valence-corrected chi connectivity index (χ1v) is 9.62. The van der Waals surface area contributed by atoms with E-state index in [1.807, 2.05) is 30.7 Å². The fraction of sp³-hybridized carbons (Fsp3) is 0.0400. The molecule has 2 aromatic carbocycles. The van der Waals surface area contributed by atoms with E-state index in [0.29, 0.717) is 0 Å². The number of pyridine rings is 2. The first-order chi connectivity index (χ1) is 14.4. The molecular weight excluding hydrogens is 356 g/mol. The molecule has 0 amide bonds. The molecule has 0 aliphatic carbocycles. The van der Waals surface area contributed by atoms with Crippen LogP contribution in [0.1, 0.15) is 5.56 Å². The van der Waals surface area contributed by atoms with Gasteiger partial charge in [0.1, 0.15) is 5.65 Å². The summed E-state index contributed by atoms with van der Waals surface area (Å²) in [6.45, 7) is 0.797. The molecule has 0 saturated carbocycles. The van der Waals surface area contributed by atoms with Crippen molar-refractivity contribution in [1.82, 2.24) is 15.0 Å². The maximum Gasteiger partial charge on any atom is 0.137 e. The van der Waals surface area contributed by atoms with Crippen LogP contribution in [0.4, 0.5) is 5.69 Å². The summed E-state index contributed by atoms with van der Waals surface area (Å²) < 4.78 is 0. The Morgan fingerprint density at radius 2 is 1.69 bits per heavy atom. The summed E-state index contributed by atoms with van der Waals surface area (Å²) >= 11 is 0. The summed E-state index contributed by atoms with van der Waals surface area (Å²) in [4.78, 5) is 12.1. The topological polar surface area (TPSA) is 53.6 Å². The number of fused-ring (bicyclic) bond motifs is 1. The van der Waals surface area contributed by atoms with Crippen molar-refractivity contribution in [2.75, 3.05) is 5.32 Å². The van der Waals surface area contributed by atoms with Crippen molar-refractivity contribution in [2.45, 2.75) is 6.54 Å². The Bertz CT molecular complexity index is 1240. The summed E-state index contributed by atoms with van der Waals surface area (Å²) in [5.74, 6) is 0. The van der Waals surface area contributed by atoms with E-state index in [4.69, 9.17) is 0 Å². The molecule has 29 heavy (non-hydrogen) atoms. The van der Waals surface area contributed by atoms with E-state index in [0.717, 1.165) is 45.5 Å². The first-order valence-electron chi connectivity index (χ1n) is 9.62. The summed E-state index contributed by atoms with van der Waals surface area (Å²) in [7, 11) is 0. The van der Waals surface area contributed by atoms with Crippen LogP contribution in [-0.2, 0) is 6.54 Å². The lowest BCUT2D eigenvalue weighted by atomic mass is 10.0. The van der Waals surface area contributed by atoms with Crippen molar-refractivity contribution < 1.29 is 0 Å². The minimum Gasteiger partial charge on any atom is -0.381 e. The highest BCUT2D eigenvalue weighted by molar-refractivity contribution is 5.96. The largest absolute Gasteiger partial charge is 0.381 e. The van der Waals surface area contributed by atoms with Crippen LogP contribution in [0, 0.1) is 0 Å². The first kappa shape index (κ1) is 17.2. The van der Waals surface area contributed by atoms with Crippen molar-refractivity contribution >= 4 is 16.7 Å². The Balaban J connectivity index is 1.47. The summed E-state index contributed by atoms with van der Waals surface area (Å²) in [6.07, 6.45) is 7.56. The number of H-pyrrole nitrogens is 1. The average molecular weight is 376 g/mol. The van der Waals surface area contributed by atoms with Crippen LogP contribution in [0.2, 0.25) is 0 Å². The zero-order valence-corrected chi connectivity index (χ0v) is 15.8. The van der Waals surface area contributed by atoms with Gasteiger partial charge in [0.25, 0.3) is 0 Å². The molecule has 0 aliphatic heterocycles. The average Bonchev–Trinajstić information content (AvgIpc) is 3.22. The molecule has 0 aliphatic rings. The SMILES string of the molecule is c1ccc(CNc2cccc(-c3c[nH]c4ncc(-c5cccnc5)cc34)c2)cc1. The zero-order chi connectivity index (χ0) is 19.5. The molecule has 2 N–H and O–H groups in total. The molecule has 140 valence electrons. The molecule has 5 aromatic rings. The quantitative estimate of drug-likeness (QED) is 0.401. The molecule has 3 aromatic heterocycles. The number of hydrogen-bond donors (Lipinski definition) is 2. The van der Waals surface area contributed by atoms with Crippen LogP contribution >= 0.6 is 0 Å². The van der Waals surface area contributed by atoms with Crippen LogP contribution in [0.3, 0.4) is 0 Å². The summed E-state index contributed by atoms with van der Waals surface area (Å²) in [5, 5.41) is 4.62. The Kier molecular flexibility index (Phi) is 4.51. The molecule has 0 bridgehead atoms. The Morgan fingerprint density at radius 1 is 0.793 bits per heavy atom. The van der Waals surface area contributed by atoms with E-state index in [1.165, 1.54) is 5.56 Å². The second kappa shape index (κ2) is 7.60. The van der Waals surface area contributed by atoms with Gasteiger partial charge in [0.15, 0.2) is 0 Å². The van der Waals surface area contributed by atoms with Gasteiger partial charge < -0.3 is 10.3 Å². The normalized spacial score (nSPS) is 10.9. The minimum atomic E-state index is 0.797. The molecule has 4 nitrogen and oxygen atoms in total. The van der Waals surface area contributed by atoms with Gasteiger partial charge in [0, 0.05) is 59.1 Å². The number of nitrogens with one attached hydrogen (secondary N) is 2. The lowest BCUT2D eigenvalue weighted by Crippen LogP contribution is -1.98. The Labute approximate surface area is 169 Å². The molecule has 0 unspecified atom stereocenters. The molecular formula is C25H20N4. The number of hydrogen-bond acceptors (Lipinski definition) is 3. The van der Waals surface area contributed by atoms with Gasteiger partial charge >= 0.3 is 0 Å². The number of rotatable bonds is 5. The monoisotopic (exact) mass is 376 g/mol. The van der Waals surface area contributed by atoms with E-state index in [1.54, 1.807) is 6.20 Å². The highest BCUT2D eigenvalue weighted by Gasteiger charge is 2.10. The molecule has 0 atom stereocenters. The highest BCUT2D eigenvalue weighted by Crippen LogP contribution is 2.32. The van der Waals surface area contributed by atoms with E-state index in [9.17, 15) is 0 Å². The van der Waals surface area contributed by atoms with Gasteiger partial charge in [0.2, 0.25) is 0 Å². The third-order valence-electron chi connectivity index (χ3n) is 5.04. The number of nitrogens with zero attached hydrogens (tertiary/aromatic N) is 2. The van der Waals surface area contributed by atoms with Gasteiger partial charge in [-0.1, -0.05) is 48.5 Å². The van der Waals surface area contributed by atoms with Gasteiger partial charge in [-0.05, 0) is 35.4 Å². The van der Waals surface area contributed by atoms with E-state index < -0.39 is 0 Å². The smallest absolute Gasteiger partial charge is 0.137 e. The number of anilines is 1. The second-order valence-electron chi connectivity index (χ2n) is 6.98. The fourth-order valence-electron chi connectivity index (χ4n) is 3.53. The number of aromatic nitrogens is 3. The van der Waals surface area contributed by atoms with Crippen molar-refractivity contribution in [1.29, 1.82) is 0 Å². The molecule has 0 radical (unpaired) electrons. The molecule has 0 saturated heterocycles. The van der Waals surface area contributed by atoms with Crippen LogP contribution < -0.4 is 5.32 Å². The molecule has 5 rings (SSSR count). The van der Waals surface area contributed by atoms with Crippen LogP contribution in [-0.4, -0.2) is 15.0 Å². The molecule has 0 spiro atoms. The minimum absolute atomic E-state index is 0.797. The van der Waals surface area contributed by atoms with Crippen LogP contribution in [0.5, 0.6) is 0 Å². The molecule has 3 heterocycles. The van der Waals surface area contributed by atoms with E-state index in [-0.39, 0.29) is 0 Å². The third kappa shape index (κ3) is 3.60. The van der Waals surface area contributed by atoms with Gasteiger partial charge in [-0.3, -0.25) is 4.98 Å². The van der Waals surface area contributed by atoms with E-state index in [2.05, 4.69) is 80.9 Å². The summed E-state index contributed by atoms with van der Waals surface area (Å²) in [5.41, 5.74) is 7.65. The molecule has 0 fully saturated rings. The van der Waals surface area contributed by atoms with Gasteiger partial charge in [-0.25, -0.2) is 4.98 Å². The predicted molar refractivity (Wildman–Crippen MR) is 119 cm³/mol. The maximum absolute atomic E-state index is 4.60. The lowest BCUT2D eigenvalue weighted by Gasteiger charge is -2.09. The van der Waals surface area contributed by atoms with Gasteiger partial charge in [-0.15, -0.1) is 0 Å². The summed E-state index contributed by atoms with van der Waals surface area (Å²) in [6, 6.07) is 25.1. The maximum atomic E-state index is 4.60. The van der Waals surface area contributed by atoms with Crippen LogP contribution in [0.15, 0.2) is 97.6 Å². The van der Waals surface area contributed by atoms with Crippen molar-refractivity contribution in [3.05, 3.63) is 103 Å². The zero-order valence-electron chi connectivity index (χ0n) is 15.8. The third-order valence-corrected chi connectivity index (χ3v) is 5.04. The Hall–Kier alpha value is -3.92. The van der Waals surface area contributed by atoms with Crippen molar-refractivity contribution in [2.24, 2.45) is 0 Å². The lowest BCUT2D eigenvalue weighted by molar-refractivity contribution is 1.15. The van der Waals surface area contributed by atoms with Crippen molar-refractivity contribution in [3.63, 3.8) is 0 Å².